The average Bonchev–Trinajstić information content (AvgIpc) is 3.54. The predicted molar refractivity (Wildman–Crippen MR) is 112 cm³/mol. The summed E-state index contributed by atoms with van der Waals surface area (Å²) in [6.45, 7) is 3.42. The average molecular weight is 408 g/mol. The Balaban J connectivity index is 1.41. The first kappa shape index (κ1) is 18.6. The van der Waals surface area contributed by atoms with E-state index in [0.717, 1.165) is 24.8 Å². The first-order valence-corrected chi connectivity index (χ1v) is 11.4. The van der Waals surface area contributed by atoms with Crippen LogP contribution in [0.3, 0.4) is 0 Å². The lowest BCUT2D eigenvalue weighted by molar-refractivity contribution is -0.138. The van der Waals surface area contributed by atoms with Crippen molar-refractivity contribution in [3.63, 3.8) is 0 Å². The van der Waals surface area contributed by atoms with Gasteiger partial charge in [-0.1, -0.05) is 35.5 Å². The molecule has 1 amide bonds. The minimum absolute atomic E-state index is 0.0472. The first-order chi connectivity index (χ1) is 14.2. The Hall–Kier alpha value is -2.47. The van der Waals surface area contributed by atoms with E-state index in [4.69, 9.17) is 9.51 Å². The van der Waals surface area contributed by atoms with Crippen molar-refractivity contribution in [1.29, 1.82) is 0 Å². The number of thiophene rings is 1. The molecule has 2 saturated carbocycles. The lowest BCUT2D eigenvalue weighted by Crippen LogP contribution is -2.40. The lowest BCUT2D eigenvalue weighted by atomic mass is 9.78. The number of carbonyl (C=O) groups excluding carboxylic acids is 1. The number of nitrogens with zero attached hydrogens (tertiary/aromatic N) is 3. The zero-order chi connectivity index (χ0) is 19.8. The van der Waals surface area contributed by atoms with Crippen LogP contribution in [0.5, 0.6) is 0 Å². The molecule has 2 bridgehead atoms. The quantitative estimate of drug-likeness (QED) is 0.578. The third kappa shape index (κ3) is 3.39. The number of fused-ring (bicyclic) bond motifs is 2. The zero-order valence-electron chi connectivity index (χ0n) is 16.5. The SMILES string of the molecule is CCN(Cc1ccccc1)C(=O)[C@H]1[C@H]2CC[C@H](C2)[C@@H]1c1nc(-c2ccsc2)no1. The van der Waals surface area contributed by atoms with Crippen LogP contribution in [0.2, 0.25) is 0 Å². The van der Waals surface area contributed by atoms with E-state index in [2.05, 4.69) is 24.2 Å². The minimum atomic E-state index is -0.0480. The summed E-state index contributed by atoms with van der Waals surface area (Å²) in [5, 5.41) is 8.25. The second-order valence-electron chi connectivity index (χ2n) is 8.19. The fraction of sp³-hybridized carbons (Fsp3) is 0.435. The summed E-state index contributed by atoms with van der Waals surface area (Å²) >= 11 is 1.62. The van der Waals surface area contributed by atoms with Gasteiger partial charge in [-0.3, -0.25) is 4.79 Å². The monoisotopic (exact) mass is 407 g/mol. The van der Waals surface area contributed by atoms with Crippen molar-refractivity contribution >= 4 is 17.2 Å². The molecule has 0 N–H and O–H groups in total. The molecule has 2 heterocycles. The normalized spacial score (nSPS) is 25.4. The summed E-state index contributed by atoms with van der Waals surface area (Å²) in [6, 6.07) is 12.2. The van der Waals surface area contributed by atoms with Gasteiger partial charge >= 0.3 is 0 Å². The first-order valence-electron chi connectivity index (χ1n) is 10.4. The Morgan fingerprint density at radius 2 is 2.03 bits per heavy atom. The molecule has 2 fully saturated rings. The number of hydrogen-bond donors (Lipinski definition) is 0. The molecule has 0 aliphatic heterocycles. The van der Waals surface area contributed by atoms with E-state index in [1.165, 1.54) is 5.56 Å². The van der Waals surface area contributed by atoms with Gasteiger partial charge in [-0.05, 0) is 55.0 Å². The number of amides is 1. The van der Waals surface area contributed by atoms with Crippen molar-refractivity contribution < 1.29 is 9.32 Å². The number of hydrogen-bond acceptors (Lipinski definition) is 5. The van der Waals surface area contributed by atoms with Gasteiger partial charge in [0.25, 0.3) is 0 Å². The van der Waals surface area contributed by atoms with Gasteiger partial charge in [0.05, 0.1) is 11.8 Å². The van der Waals surface area contributed by atoms with E-state index >= 15 is 0 Å². The van der Waals surface area contributed by atoms with Crippen LogP contribution in [0.25, 0.3) is 11.4 Å². The van der Waals surface area contributed by atoms with Crippen LogP contribution < -0.4 is 0 Å². The summed E-state index contributed by atoms with van der Waals surface area (Å²) in [5.74, 6) is 2.42. The zero-order valence-corrected chi connectivity index (χ0v) is 17.3. The Labute approximate surface area is 174 Å². The van der Waals surface area contributed by atoms with Gasteiger partial charge in [-0.2, -0.15) is 16.3 Å². The van der Waals surface area contributed by atoms with Gasteiger partial charge < -0.3 is 9.42 Å². The van der Waals surface area contributed by atoms with E-state index in [1.807, 2.05) is 39.9 Å². The fourth-order valence-corrected chi connectivity index (χ4v) is 5.88. The molecule has 5 rings (SSSR count). The molecule has 0 spiro atoms. The molecule has 150 valence electrons. The van der Waals surface area contributed by atoms with Crippen LogP contribution in [0, 0.1) is 17.8 Å². The van der Waals surface area contributed by atoms with Gasteiger partial charge in [0.1, 0.15) is 0 Å². The molecule has 4 atom stereocenters. The van der Waals surface area contributed by atoms with Crippen LogP contribution in [-0.4, -0.2) is 27.5 Å². The molecule has 5 nitrogen and oxygen atoms in total. The molecule has 2 aromatic heterocycles. The number of benzene rings is 1. The fourth-order valence-electron chi connectivity index (χ4n) is 5.24. The minimum Gasteiger partial charge on any atom is -0.339 e. The molecule has 2 aliphatic rings. The Bertz CT molecular complexity index is 969. The Morgan fingerprint density at radius 1 is 1.21 bits per heavy atom. The van der Waals surface area contributed by atoms with Gasteiger partial charge in [-0.25, -0.2) is 0 Å². The molecular formula is C23H25N3O2S. The van der Waals surface area contributed by atoms with Crippen molar-refractivity contribution in [1.82, 2.24) is 15.0 Å². The van der Waals surface area contributed by atoms with Crippen LogP contribution in [0.15, 0.2) is 51.7 Å². The van der Waals surface area contributed by atoms with Gasteiger partial charge in [-0.15, -0.1) is 0 Å². The van der Waals surface area contributed by atoms with E-state index in [-0.39, 0.29) is 17.7 Å². The lowest BCUT2D eigenvalue weighted by Gasteiger charge is -2.32. The topological polar surface area (TPSA) is 59.2 Å². The standard InChI is InChI=1S/C23H25N3O2S/c1-2-26(13-15-6-4-3-5-7-15)23(27)20-17-9-8-16(12-17)19(20)22-24-21(25-28-22)18-10-11-29-14-18/h3-7,10-11,14,16-17,19-20H,2,8-9,12-13H2,1H3/t16-,17+,19+,20+/m1/s1. The van der Waals surface area contributed by atoms with Gasteiger partial charge in [0.2, 0.25) is 17.6 Å². The summed E-state index contributed by atoms with van der Waals surface area (Å²) in [4.78, 5) is 20.3. The van der Waals surface area contributed by atoms with E-state index in [1.54, 1.807) is 11.3 Å². The second kappa shape index (κ2) is 7.75. The second-order valence-corrected chi connectivity index (χ2v) is 8.97. The highest BCUT2D eigenvalue weighted by molar-refractivity contribution is 7.08. The highest BCUT2D eigenvalue weighted by Crippen LogP contribution is 2.57. The molecule has 1 aromatic carbocycles. The summed E-state index contributed by atoms with van der Waals surface area (Å²) in [7, 11) is 0. The summed E-state index contributed by atoms with van der Waals surface area (Å²) < 4.78 is 5.71. The van der Waals surface area contributed by atoms with Crippen molar-refractivity contribution in [2.75, 3.05) is 6.54 Å². The number of aromatic nitrogens is 2. The molecule has 0 saturated heterocycles. The van der Waals surface area contributed by atoms with Gasteiger partial charge in [0, 0.05) is 24.0 Å². The largest absolute Gasteiger partial charge is 0.339 e. The maximum atomic E-state index is 13.6. The predicted octanol–water partition coefficient (Wildman–Crippen LogP) is 4.98. The van der Waals surface area contributed by atoms with Crippen LogP contribution in [0.1, 0.15) is 43.6 Å². The maximum absolute atomic E-state index is 13.6. The van der Waals surface area contributed by atoms with E-state index < -0.39 is 0 Å². The summed E-state index contributed by atoms with van der Waals surface area (Å²) in [5.41, 5.74) is 2.15. The van der Waals surface area contributed by atoms with Crippen LogP contribution in [-0.2, 0) is 11.3 Å². The Morgan fingerprint density at radius 3 is 2.79 bits per heavy atom. The van der Waals surface area contributed by atoms with E-state index in [9.17, 15) is 4.79 Å². The molecule has 3 aromatic rings. The molecular weight excluding hydrogens is 382 g/mol. The molecule has 0 radical (unpaired) electrons. The number of carbonyl (C=O) groups is 1. The Kier molecular flexibility index (Phi) is 4.96. The van der Waals surface area contributed by atoms with Crippen molar-refractivity contribution in [2.24, 2.45) is 17.8 Å². The summed E-state index contributed by atoms with van der Waals surface area (Å²) in [6.07, 6.45) is 3.38. The van der Waals surface area contributed by atoms with Crippen LogP contribution >= 0.6 is 11.3 Å². The third-order valence-electron chi connectivity index (χ3n) is 6.62. The van der Waals surface area contributed by atoms with Gasteiger partial charge in [0.15, 0.2) is 0 Å². The van der Waals surface area contributed by atoms with Crippen molar-refractivity contribution in [2.45, 2.75) is 38.6 Å². The highest BCUT2D eigenvalue weighted by Gasteiger charge is 2.54. The highest BCUT2D eigenvalue weighted by atomic mass is 32.1. The molecule has 6 heteroatoms. The molecule has 2 aliphatic carbocycles. The van der Waals surface area contributed by atoms with Crippen molar-refractivity contribution in [3.8, 4) is 11.4 Å². The van der Waals surface area contributed by atoms with E-state index in [0.29, 0.717) is 36.6 Å². The molecule has 29 heavy (non-hydrogen) atoms. The number of rotatable bonds is 6. The van der Waals surface area contributed by atoms with Crippen LogP contribution in [0.4, 0.5) is 0 Å². The maximum Gasteiger partial charge on any atom is 0.231 e. The van der Waals surface area contributed by atoms with Crippen molar-refractivity contribution in [3.05, 3.63) is 58.6 Å². The molecule has 0 unspecified atom stereocenters. The third-order valence-corrected chi connectivity index (χ3v) is 7.30. The smallest absolute Gasteiger partial charge is 0.231 e.